The van der Waals surface area contributed by atoms with Gasteiger partial charge in [0.05, 0.1) is 4.92 Å². The van der Waals surface area contributed by atoms with Crippen LogP contribution in [-0.2, 0) is 0 Å². The zero-order chi connectivity index (χ0) is 14.0. The maximum Gasteiger partial charge on any atom is 0.313 e. The summed E-state index contributed by atoms with van der Waals surface area (Å²) >= 11 is 5.71. The maximum atomic E-state index is 10.9. The third-order valence-electron chi connectivity index (χ3n) is 2.38. The van der Waals surface area contributed by atoms with Crippen LogP contribution in [-0.4, -0.2) is 10.0 Å². The Morgan fingerprint density at radius 2 is 2.00 bits per heavy atom. The van der Waals surface area contributed by atoms with Gasteiger partial charge in [-0.3, -0.25) is 10.1 Å². The molecule has 6 heteroatoms. The summed E-state index contributed by atoms with van der Waals surface area (Å²) in [5.74, 6) is 0.425. The van der Waals surface area contributed by atoms with Gasteiger partial charge in [0.25, 0.3) is 0 Å². The van der Waals surface area contributed by atoms with Gasteiger partial charge >= 0.3 is 5.69 Å². The van der Waals surface area contributed by atoms with Gasteiger partial charge in [0, 0.05) is 17.2 Å². The number of halogens is 1. The lowest BCUT2D eigenvalue weighted by atomic mass is 10.2. The van der Waals surface area contributed by atoms with Gasteiger partial charge in [0.15, 0.2) is 0 Å². The Bertz CT molecular complexity index is 622. The van der Waals surface area contributed by atoms with E-state index in [9.17, 15) is 15.2 Å². The van der Waals surface area contributed by atoms with Gasteiger partial charge in [-0.25, -0.2) is 0 Å². The highest BCUT2D eigenvalue weighted by atomic mass is 35.5. The van der Waals surface area contributed by atoms with Gasteiger partial charge in [-0.1, -0.05) is 11.6 Å². The number of nitro benzene ring substituents is 1. The molecule has 2 aromatic rings. The number of rotatable bonds is 3. The molecule has 0 unspecified atom stereocenters. The summed E-state index contributed by atoms with van der Waals surface area (Å²) in [7, 11) is 0. The van der Waals surface area contributed by atoms with Crippen molar-refractivity contribution in [3.8, 4) is 17.2 Å². The van der Waals surface area contributed by atoms with Crippen molar-refractivity contribution in [3.63, 3.8) is 0 Å². The first-order valence-electron chi connectivity index (χ1n) is 5.38. The monoisotopic (exact) mass is 279 g/mol. The fraction of sp³-hybridized carbons (Fsp3) is 0.0769. The van der Waals surface area contributed by atoms with Gasteiger partial charge < -0.3 is 9.84 Å². The van der Waals surface area contributed by atoms with Crippen LogP contribution in [0.5, 0.6) is 17.2 Å². The fourth-order valence-corrected chi connectivity index (χ4v) is 1.80. The molecule has 2 aromatic carbocycles. The molecule has 0 bridgehead atoms. The molecule has 1 N–H and O–H groups in total. The summed E-state index contributed by atoms with van der Waals surface area (Å²) in [5.41, 5.74) is 0.556. The summed E-state index contributed by atoms with van der Waals surface area (Å²) in [6.45, 7) is 1.78. The Labute approximate surface area is 114 Å². The van der Waals surface area contributed by atoms with Crippen molar-refractivity contribution in [3.05, 3.63) is 57.1 Å². The number of ether oxygens (including phenoxy) is 1. The molecule has 0 fully saturated rings. The summed E-state index contributed by atoms with van der Waals surface area (Å²) in [6, 6.07) is 8.73. The molecule has 0 amide bonds. The lowest BCUT2D eigenvalue weighted by molar-refractivity contribution is -0.385. The zero-order valence-electron chi connectivity index (χ0n) is 9.96. The lowest BCUT2D eigenvalue weighted by Gasteiger charge is -2.08. The lowest BCUT2D eigenvalue weighted by Crippen LogP contribution is -1.93. The molecule has 5 nitrogen and oxygen atoms in total. The van der Waals surface area contributed by atoms with Crippen LogP contribution in [0.25, 0.3) is 0 Å². The van der Waals surface area contributed by atoms with Crippen LogP contribution < -0.4 is 4.74 Å². The highest BCUT2D eigenvalue weighted by Crippen LogP contribution is 2.34. The van der Waals surface area contributed by atoms with Gasteiger partial charge in [0.2, 0.25) is 5.75 Å². The highest BCUT2D eigenvalue weighted by Gasteiger charge is 2.16. The first-order chi connectivity index (χ1) is 8.95. The largest absolute Gasteiger partial charge is 0.508 e. The average Bonchev–Trinajstić information content (AvgIpc) is 2.30. The first kappa shape index (κ1) is 13.2. The second kappa shape index (κ2) is 5.16. The summed E-state index contributed by atoms with van der Waals surface area (Å²) in [6.07, 6.45) is 0. The molecule has 0 radical (unpaired) electrons. The zero-order valence-corrected chi connectivity index (χ0v) is 10.7. The van der Waals surface area contributed by atoms with E-state index in [1.54, 1.807) is 19.1 Å². The molecule has 0 atom stereocenters. The molecule has 0 spiro atoms. The predicted molar refractivity (Wildman–Crippen MR) is 71.0 cm³/mol. The molecular weight excluding hydrogens is 270 g/mol. The Balaban J connectivity index is 2.40. The smallest absolute Gasteiger partial charge is 0.313 e. The van der Waals surface area contributed by atoms with E-state index in [1.165, 1.54) is 24.3 Å². The number of aryl methyl sites for hydroxylation is 1. The van der Waals surface area contributed by atoms with Crippen LogP contribution in [0, 0.1) is 17.0 Å². The number of phenols is 1. The molecule has 0 aliphatic rings. The Morgan fingerprint density at radius 3 is 2.63 bits per heavy atom. The molecule has 0 saturated carbocycles. The Morgan fingerprint density at radius 1 is 1.26 bits per heavy atom. The minimum absolute atomic E-state index is 0.0339. The highest BCUT2D eigenvalue weighted by molar-refractivity contribution is 6.30. The van der Waals surface area contributed by atoms with E-state index >= 15 is 0 Å². The van der Waals surface area contributed by atoms with Crippen LogP contribution in [0.3, 0.4) is 0 Å². The van der Waals surface area contributed by atoms with E-state index in [-0.39, 0.29) is 22.2 Å². The SMILES string of the molecule is Cc1cc(O)cc(Oc2ccc(Cl)cc2[N+](=O)[O-])c1. The van der Waals surface area contributed by atoms with Gasteiger partial charge in [-0.15, -0.1) is 0 Å². The number of hydrogen-bond donors (Lipinski definition) is 1. The van der Waals surface area contributed by atoms with Crippen LogP contribution in [0.4, 0.5) is 5.69 Å². The topological polar surface area (TPSA) is 72.6 Å². The first-order valence-corrected chi connectivity index (χ1v) is 5.76. The normalized spacial score (nSPS) is 10.2. The van der Waals surface area contributed by atoms with Crippen molar-refractivity contribution in [1.29, 1.82) is 0 Å². The molecule has 0 aromatic heterocycles. The van der Waals surface area contributed by atoms with Crippen molar-refractivity contribution >= 4 is 17.3 Å². The number of phenolic OH excluding ortho intramolecular Hbond substituents is 1. The van der Waals surface area contributed by atoms with Gasteiger partial charge in [-0.05, 0) is 36.8 Å². The number of hydrogen-bond acceptors (Lipinski definition) is 4. The standard InChI is InChI=1S/C13H10ClNO4/c1-8-4-10(16)7-11(5-8)19-13-3-2-9(14)6-12(13)15(17)18/h2-7,16H,1H3. The average molecular weight is 280 g/mol. The quantitative estimate of drug-likeness (QED) is 0.679. The predicted octanol–water partition coefficient (Wildman–Crippen LogP) is 4.05. The molecule has 0 aliphatic heterocycles. The van der Waals surface area contributed by atoms with Crippen molar-refractivity contribution in [2.75, 3.05) is 0 Å². The van der Waals surface area contributed by atoms with Crippen LogP contribution in [0.1, 0.15) is 5.56 Å². The Hall–Kier alpha value is -2.27. The Kier molecular flexibility index (Phi) is 3.57. The minimum Gasteiger partial charge on any atom is -0.508 e. The molecule has 19 heavy (non-hydrogen) atoms. The van der Waals surface area contributed by atoms with E-state index in [4.69, 9.17) is 16.3 Å². The second-order valence-electron chi connectivity index (χ2n) is 3.98. The number of benzene rings is 2. The molecule has 0 heterocycles. The summed E-state index contributed by atoms with van der Waals surface area (Å²) in [5, 5.41) is 20.6. The fourth-order valence-electron chi connectivity index (χ4n) is 1.63. The maximum absolute atomic E-state index is 10.9. The van der Waals surface area contributed by atoms with Crippen molar-refractivity contribution in [2.24, 2.45) is 0 Å². The van der Waals surface area contributed by atoms with Crippen LogP contribution in [0.15, 0.2) is 36.4 Å². The third-order valence-corrected chi connectivity index (χ3v) is 2.62. The van der Waals surface area contributed by atoms with E-state index in [2.05, 4.69) is 0 Å². The van der Waals surface area contributed by atoms with E-state index in [0.717, 1.165) is 5.56 Å². The number of nitrogens with zero attached hydrogens (tertiary/aromatic N) is 1. The molecule has 0 aliphatic carbocycles. The molecule has 98 valence electrons. The minimum atomic E-state index is -0.573. The summed E-state index contributed by atoms with van der Waals surface area (Å²) in [4.78, 5) is 10.3. The van der Waals surface area contributed by atoms with Crippen molar-refractivity contribution < 1.29 is 14.8 Å². The second-order valence-corrected chi connectivity index (χ2v) is 4.41. The van der Waals surface area contributed by atoms with Crippen LogP contribution in [0.2, 0.25) is 5.02 Å². The van der Waals surface area contributed by atoms with Gasteiger partial charge in [-0.2, -0.15) is 0 Å². The number of nitro groups is 1. The third kappa shape index (κ3) is 3.14. The number of aromatic hydroxyl groups is 1. The molecule has 0 saturated heterocycles. The van der Waals surface area contributed by atoms with E-state index in [1.807, 2.05) is 0 Å². The van der Waals surface area contributed by atoms with Gasteiger partial charge in [0.1, 0.15) is 11.5 Å². The van der Waals surface area contributed by atoms with Crippen molar-refractivity contribution in [2.45, 2.75) is 6.92 Å². The van der Waals surface area contributed by atoms with Crippen LogP contribution >= 0.6 is 11.6 Å². The van der Waals surface area contributed by atoms with Crippen molar-refractivity contribution in [1.82, 2.24) is 0 Å². The molecular formula is C13H10ClNO4. The van der Waals surface area contributed by atoms with E-state index in [0.29, 0.717) is 5.75 Å². The molecule has 2 rings (SSSR count). The van der Waals surface area contributed by atoms with E-state index < -0.39 is 4.92 Å². The summed E-state index contributed by atoms with van der Waals surface area (Å²) < 4.78 is 5.43.